The summed E-state index contributed by atoms with van der Waals surface area (Å²) >= 11 is 0. The van der Waals surface area contributed by atoms with Crippen molar-refractivity contribution in [2.45, 2.75) is 31.7 Å². The zero-order valence-electron chi connectivity index (χ0n) is 10.4. The van der Waals surface area contributed by atoms with Gasteiger partial charge in [-0.25, -0.2) is 0 Å². The Balaban J connectivity index is 1.89. The van der Waals surface area contributed by atoms with E-state index in [9.17, 15) is 0 Å². The summed E-state index contributed by atoms with van der Waals surface area (Å²) in [6, 6.07) is 6.40. The normalized spacial score (nSPS) is 18.1. The van der Waals surface area contributed by atoms with Crippen LogP contribution in [0.1, 0.15) is 36.4 Å². The minimum Gasteiger partial charge on any atom is -0.493 e. The Hall–Kier alpha value is -1.06. The molecule has 0 aliphatic heterocycles. The lowest BCUT2D eigenvalue weighted by Gasteiger charge is -2.11. The smallest absolute Gasteiger partial charge is 0.122 e. The number of methoxy groups -OCH3 is 1. The lowest BCUT2D eigenvalue weighted by Crippen LogP contribution is -2.05. The Morgan fingerprint density at radius 2 is 2.12 bits per heavy atom. The van der Waals surface area contributed by atoms with Crippen molar-refractivity contribution in [3.63, 3.8) is 0 Å². The Bertz CT molecular complexity index is 365. The van der Waals surface area contributed by atoms with Crippen LogP contribution in [0.2, 0.25) is 0 Å². The van der Waals surface area contributed by atoms with Gasteiger partial charge in [-0.05, 0) is 42.9 Å². The SMILES string of the molecule is COCCCCOc1cccc2c1CCC2N. The van der Waals surface area contributed by atoms with Crippen molar-refractivity contribution in [2.75, 3.05) is 20.3 Å². The van der Waals surface area contributed by atoms with Crippen molar-refractivity contribution in [1.82, 2.24) is 0 Å². The number of unbranched alkanes of at least 4 members (excludes halogenated alkanes) is 1. The first-order chi connectivity index (χ1) is 8.33. The molecule has 0 amide bonds. The summed E-state index contributed by atoms with van der Waals surface area (Å²) in [6.07, 6.45) is 4.17. The average molecular weight is 235 g/mol. The van der Waals surface area contributed by atoms with E-state index < -0.39 is 0 Å². The summed E-state index contributed by atoms with van der Waals surface area (Å²) in [7, 11) is 1.73. The Morgan fingerprint density at radius 3 is 2.94 bits per heavy atom. The van der Waals surface area contributed by atoms with Crippen LogP contribution in [-0.2, 0) is 11.2 Å². The molecule has 0 heterocycles. The molecule has 1 atom stereocenters. The first-order valence-electron chi connectivity index (χ1n) is 6.32. The van der Waals surface area contributed by atoms with Crippen LogP contribution in [0.3, 0.4) is 0 Å². The van der Waals surface area contributed by atoms with Crippen molar-refractivity contribution in [2.24, 2.45) is 5.73 Å². The molecule has 1 aromatic rings. The molecule has 3 nitrogen and oxygen atoms in total. The third-order valence-corrected chi connectivity index (χ3v) is 3.27. The molecule has 3 heteroatoms. The Labute approximate surface area is 103 Å². The van der Waals surface area contributed by atoms with E-state index in [0.29, 0.717) is 0 Å². The molecular weight excluding hydrogens is 214 g/mol. The lowest BCUT2D eigenvalue weighted by molar-refractivity contribution is 0.184. The molecule has 0 saturated heterocycles. The molecule has 0 spiro atoms. The molecule has 1 aliphatic carbocycles. The van der Waals surface area contributed by atoms with Gasteiger partial charge in [0.05, 0.1) is 6.61 Å². The molecule has 0 bridgehead atoms. The highest BCUT2D eigenvalue weighted by molar-refractivity contribution is 5.44. The van der Waals surface area contributed by atoms with Crippen LogP contribution < -0.4 is 10.5 Å². The molecule has 1 aromatic carbocycles. The number of benzene rings is 1. The highest BCUT2D eigenvalue weighted by Crippen LogP contribution is 2.35. The second-order valence-corrected chi connectivity index (χ2v) is 4.52. The third-order valence-electron chi connectivity index (χ3n) is 3.27. The van der Waals surface area contributed by atoms with Gasteiger partial charge in [0, 0.05) is 19.8 Å². The first kappa shape index (κ1) is 12.4. The van der Waals surface area contributed by atoms with Crippen LogP contribution in [0.4, 0.5) is 0 Å². The fourth-order valence-corrected chi connectivity index (χ4v) is 2.32. The zero-order chi connectivity index (χ0) is 12.1. The Morgan fingerprint density at radius 1 is 1.29 bits per heavy atom. The van der Waals surface area contributed by atoms with Crippen molar-refractivity contribution in [3.05, 3.63) is 29.3 Å². The predicted octanol–water partition coefficient (Wildman–Crippen LogP) is 2.44. The largest absolute Gasteiger partial charge is 0.493 e. The van der Waals surface area contributed by atoms with Gasteiger partial charge in [0.1, 0.15) is 5.75 Å². The van der Waals surface area contributed by atoms with Gasteiger partial charge in [0.2, 0.25) is 0 Å². The minimum atomic E-state index is 0.196. The minimum absolute atomic E-state index is 0.196. The van der Waals surface area contributed by atoms with Gasteiger partial charge >= 0.3 is 0 Å². The molecule has 0 fully saturated rings. The van der Waals surface area contributed by atoms with Crippen LogP contribution in [0.15, 0.2) is 18.2 Å². The number of fused-ring (bicyclic) bond motifs is 1. The van der Waals surface area contributed by atoms with Crippen molar-refractivity contribution >= 4 is 0 Å². The number of hydrogen-bond acceptors (Lipinski definition) is 3. The average Bonchev–Trinajstić information content (AvgIpc) is 2.72. The van der Waals surface area contributed by atoms with Gasteiger partial charge in [0.25, 0.3) is 0 Å². The quantitative estimate of drug-likeness (QED) is 0.770. The number of ether oxygens (including phenoxy) is 2. The van der Waals surface area contributed by atoms with Gasteiger partial charge in [0.15, 0.2) is 0 Å². The van der Waals surface area contributed by atoms with Gasteiger partial charge in [-0.2, -0.15) is 0 Å². The second-order valence-electron chi connectivity index (χ2n) is 4.52. The first-order valence-corrected chi connectivity index (χ1v) is 6.32. The van der Waals surface area contributed by atoms with Gasteiger partial charge in [-0.1, -0.05) is 12.1 Å². The summed E-state index contributed by atoms with van der Waals surface area (Å²) < 4.78 is 10.8. The van der Waals surface area contributed by atoms with Gasteiger partial charge < -0.3 is 15.2 Å². The highest BCUT2D eigenvalue weighted by atomic mass is 16.5. The van der Waals surface area contributed by atoms with Crippen molar-refractivity contribution in [1.29, 1.82) is 0 Å². The van der Waals surface area contributed by atoms with E-state index in [4.69, 9.17) is 15.2 Å². The number of hydrogen-bond donors (Lipinski definition) is 1. The van der Waals surface area contributed by atoms with E-state index >= 15 is 0 Å². The summed E-state index contributed by atoms with van der Waals surface area (Å²) in [5.74, 6) is 1.02. The number of nitrogens with two attached hydrogens (primary N) is 1. The summed E-state index contributed by atoms with van der Waals surface area (Å²) in [4.78, 5) is 0. The van der Waals surface area contributed by atoms with Gasteiger partial charge in [-0.3, -0.25) is 0 Å². The fourth-order valence-electron chi connectivity index (χ4n) is 2.32. The van der Waals surface area contributed by atoms with Crippen molar-refractivity contribution < 1.29 is 9.47 Å². The lowest BCUT2D eigenvalue weighted by atomic mass is 10.1. The molecular formula is C14H21NO2. The van der Waals surface area contributed by atoms with E-state index in [1.54, 1.807) is 7.11 Å². The van der Waals surface area contributed by atoms with Crippen LogP contribution in [0, 0.1) is 0 Å². The summed E-state index contributed by atoms with van der Waals surface area (Å²) in [5.41, 5.74) is 8.61. The standard InChI is InChI=1S/C14H21NO2/c1-16-9-2-3-10-17-14-6-4-5-11-12(14)7-8-13(11)15/h4-6,13H,2-3,7-10,15H2,1H3. The molecule has 2 N–H and O–H groups in total. The maximum atomic E-state index is 6.04. The van der Waals surface area contributed by atoms with Crippen LogP contribution in [0.5, 0.6) is 5.75 Å². The fraction of sp³-hybridized carbons (Fsp3) is 0.571. The summed E-state index contributed by atoms with van der Waals surface area (Å²) in [6.45, 7) is 1.57. The topological polar surface area (TPSA) is 44.5 Å². The molecule has 0 aromatic heterocycles. The zero-order valence-corrected chi connectivity index (χ0v) is 10.4. The molecule has 2 rings (SSSR count). The monoisotopic (exact) mass is 235 g/mol. The maximum Gasteiger partial charge on any atom is 0.122 e. The molecule has 94 valence electrons. The molecule has 17 heavy (non-hydrogen) atoms. The predicted molar refractivity (Wildman–Crippen MR) is 68.3 cm³/mol. The van der Waals surface area contributed by atoms with E-state index in [0.717, 1.165) is 44.6 Å². The molecule has 0 saturated carbocycles. The molecule has 1 unspecified atom stereocenters. The van der Waals surface area contributed by atoms with E-state index in [1.165, 1.54) is 11.1 Å². The molecule has 0 radical (unpaired) electrons. The highest BCUT2D eigenvalue weighted by Gasteiger charge is 2.21. The Kier molecular flexibility index (Phi) is 4.40. The summed E-state index contributed by atoms with van der Waals surface area (Å²) in [5, 5.41) is 0. The van der Waals surface area contributed by atoms with Crippen molar-refractivity contribution in [3.8, 4) is 5.75 Å². The molecule has 1 aliphatic rings. The van der Waals surface area contributed by atoms with E-state index in [1.807, 2.05) is 12.1 Å². The van der Waals surface area contributed by atoms with Crippen LogP contribution in [-0.4, -0.2) is 20.3 Å². The third kappa shape index (κ3) is 2.99. The van der Waals surface area contributed by atoms with Gasteiger partial charge in [-0.15, -0.1) is 0 Å². The maximum absolute atomic E-state index is 6.04. The number of rotatable bonds is 6. The second kappa shape index (κ2) is 6.03. The van der Waals surface area contributed by atoms with E-state index in [-0.39, 0.29) is 6.04 Å². The van der Waals surface area contributed by atoms with Crippen LogP contribution >= 0.6 is 0 Å². The van der Waals surface area contributed by atoms with E-state index in [2.05, 4.69) is 6.07 Å². The van der Waals surface area contributed by atoms with Crippen LogP contribution in [0.25, 0.3) is 0 Å².